The second-order valence-electron chi connectivity index (χ2n) is 7.76. The van der Waals surface area contributed by atoms with Crippen LogP contribution in [0.5, 0.6) is 17.2 Å². The monoisotopic (exact) mass is 529 g/mol. The SMILES string of the molecule is COc1ccc(-c2nnc(NS(=O)(=O)[C@H](C)Cc3ncc(F)cn3)n2-c2c(OC)cccc2OC)nc1. The predicted octanol–water partition coefficient (Wildman–Crippen LogP) is 2.66. The predicted molar refractivity (Wildman–Crippen MR) is 132 cm³/mol. The van der Waals surface area contributed by atoms with E-state index in [1.807, 2.05) is 0 Å². The van der Waals surface area contributed by atoms with Gasteiger partial charge < -0.3 is 14.2 Å². The van der Waals surface area contributed by atoms with Gasteiger partial charge in [-0.1, -0.05) is 6.07 Å². The third kappa shape index (κ3) is 5.43. The lowest BCUT2D eigenvalue weighted by molar-refractivity contribution is 0.391. The summed E-state index contributed by atoms with van der Waals surface area (Å²) >= 11 is 0. The topological polar surface area (TPSA) is 143 Å². The molecule has 3 heterocycles. The molecule has 0 unspecified atom stereocenters. The van der Waals surface area contributed by atoms with E-state index >= 15 is 0 Å². The Labute approximate surface area is 212 Å². The number of rotatable bonds is 10. The number of sulfonamides is 1. The van der Waals surface area contributed by atoms with Gasteiger partial charge in [0.2, 0.25) is 16.0 Å². The molecule has 0 saturated carbocycles. The van der Waals surface area contributed by atoms with Gasteiger partial charge in [0, 0.05) is 6.42 Å². The first-order valence-electron chi connectivity index (χ1n) is 10.9. The van der Waals surface area contributed by atoms with Gasteiger partial charge in [-0.05, 0) is 31.2 Å². The number of halogens is 1. The quantitative estimate of drug-likeness (QED) is 0.326. The molecule has 1 aromatic carbocycles. The number of hydrogen-bond donors (Lipinski definition) is 1. The maximum atomic E-state index is 13.3. The average Bonchev–Trinajstić information content (AvgIpc) is 3.31. The molecule has 0 fully saturated rings. The molecule has 0 aliphatic carbocycles. The lowest BCUT2D eigenvalue weighted by atomic mass is 10.2. The van der Waals surface area contributed by atoms with Crippen molar-refractivity contribution in [1.82, 2.24) is 29.7 Å². The van der Waals surface area contributed by atoms with Crippen molar-refractivity contribution in [2.75, 3.05) is 26.1 Å². The Kier molecular flexibility index (Phi) is 7.47. The van der Waals surface area contributed by atoms with Gasteiger partial charge in [0.1, 0.15) is 34.5 Å². The molecule has 1 N–H and O–H groups in total. The molecule has 0 radical (unpaired) electrons. The summed E-state index contributed by atoms with van der Waals surface area (Å²) in [5.41, 5.74) is 0.747. The Morgan fingerprint density at radius 3 is 2.19 bits per heavy atom. The van der Waals surface area contributed by atoms with Gasteiger partial charge in [0.15, 0.2) is 11.6 Å². The molecule has 0 aliphatic rings. The van der Waals surface area contributed by atoms with Gasteiger partial charge in [-0.15, -0.1) is 10.2 Å². The molecule has 4 aromatic rings. The first-order chi connectivity index (χ1) is 17.8. The molecular weight excluding hydrogens is 505 g/mol. The van der Waals surface area contributed by atoms with Crippen LogP contribution in [-0.4, -0.2) is 64.7 Å². The Hall–Kier alpha value is -4.33. The minimum absolute atomic E-state index is 0.0609. The molecule has 0 aliphatic heterocycles. The van der Waals surface area contributed by atoms with E-state index in [2.05, 4.69) is 29.9 Å². The van der Waals surface area contributed by atoms with Crippen molar-refractivity contribution in [2.24, 2.45) is 0 Å². The first-order valence-corrected chi connectivity index (χ1v) is 12.5. The van der Waals surface area contributed by atoms with Crippen molar-refractivity contribution >= 4 is 16.0 Å². The summed E-state index contributed by atoms with van der Waals surface area (Å²) in [4.78, 5) is 12.1. The molecule has 37 heavy (non-hydrogen) atoms. The van der Waals surface area contributed by atoms with Crippen LogP contribution in [0.25, 0.3) is 17.2 Å². The zero-order valence-electron chi connectivity index (χ0n) is 20.4. The summed E-state index contributed by atoms with van der Waals surface area (Å²) in [7, 11) is 0.427. The number of anilines is 1. The van der Waals surface area contributed by atoms with Crippen molar-refractivity contribution in [3.8, 4) is 34.5 Å². The number of nitrogens with zero attached hydrogens (tertiary/aromatic N) is 6. The highest BCUT2D eigenvalue weighted by molar-refractivity contribution is 7.93. The fourth-order valence-electron chi connectivity index (χ4n) is 3.45. The molecular formula is C23H24FN7O5S. The number of methoxy groups -OCH3 is 3. The standard InChI is InChI=1S/C23H24FN7O5S/c1-14(10-20-26-11-15(24)12-27-20)37(32,33)30-23-29-28-22(17-9-8-16(34-2)13-25-17)31(23)21-18(35-3)6-5-7-19(21)36-4/h5-9,11-14H,10H2,1-4H3,(H,29,30)/t14-/m1/s1. The van der Waals surface area contributed by atoms with Crippen LogP contribution >= 0.6 is 0 Å². The van der Waals surface area contributed by atoms with E-state index in [1.54, 1.807) is 30.3 Å². The van der Waals surface area contributed by atoms with Crippen LogP contribution in [0.15, 0.2) is 48.9 Å². The van der Waals surface area contributed by atoms with E-state index in [9.17, 15) is 12.8 Å². The van der Waals surface area contributed by atoms with Crippen molar-refractivity contribution < 1.29 is 27.0 Å². The second kappa shape index (κ2) is 10.7. The molecule has 194 valence electrons. The van der Waals surface area contributed by atoms with Gasteiger partial charge in [-0.2, -0.15) is 0 Å². The van der Waals surface area contributed by atoms with E-state index in [4.69, 9.17) is 14.2 Å². The van der Waals surface area contributed by atoms with Crippen LogP contribution in [0.2, 0.25) is 0 Å². The Bertz CT molecular complexity index is 1460. The Balaban J connectivity index is 1.80. The maximum Gasteiger partial charge on any atom is 0.243 e. The van der Waals surface area contributed by atoms with E-state index < -0.39 is 21.1 Å². The van der Waals surface area contributed by atoms with Gasteiger partial charge in [-0.25, -0.2) is 27.8 Å². The van der Waals surface area contributed by atoms with Crippen LogP contribution in [0.1, 0.15) is 12.7 Å². The minimum atomic E-state index is -4.04. The second-order valence-corrected chi connectivity index (χ2v) is 9.86. The molecule has 12 nitrogen and oxygen atoms in total. The van der Waals surface area contributed by atoms with Crippen LogP contribution in [0.3, 0.4) is 0 Å². The summed E-state index contributed by atoms with van der Waals surface area (Å²) in [5, 5.41) is 7.32. The van der Waals surface area contributed by atoms with Gasteiger partial charge in [0.05, 0.1) is 45.2 Å². The molecule has 0 bridgehead atoms. The van der Waals surface area contributed by atoms with E-state index in [0.717, 1.165) is 12.4 Å². The van der Waals surface area contributed by atoms with Crippen molar-refractivity contribution in [2.45, 2.75) is 18.6 Å². The summed E-state index contributed by atoms with van der Waals surface area (Å²) < 4.78 is 59.9. The largest absolute Gasteiger partial charge is 0.495 e. The molecule has 1 atom stereocenters. The molecule has 3 aromatic heterocycles. The zero-order valence-corrected chi connectivity index (χ0v) is 21.2. The summed E-state index contributed by atoms with van der Waals surface area (Å²) in [6.45, 7) is 1.48. The number of benzene rings is 1. The molecule has 0 saturated heterocycles. The highest BCUT2D eigenvalue weighted by Crippen LogP contribution is 2.37. The van der Waals surface area contributed by atoms with Gasteiger partial charge in [0.25, 0.3) is 0 Å². The highest BCUT2D eigenvalue weighted by Gasteiger charge is 2.29. The van der Waals surface area contributed by atoms with Crippen LogP contribution in [0, 0.1) is 5.82 Å². The fraction of sp³-hybridized carbons (Fsp3) is 0.261. The third-order valence-corrected chi connectivity index (χ3v) is 7.09. The number of nitrogens with one attached hydrogen (secondary N) is 1. The lowest BCUT2D eigenvalue weighted by Gasteiger charge is -2.18. The summed E-state index contributed by atoms with van der Waals surface area (Å²) in [5.74, 6) is 0.942. The summed E-state index contributed by atoms with van der Waals surface area (Å²) in [6.07, 6.45) is 3.40. The number of ether oxygens (including phenoxy) is 3. The lowest BCUT2D eigenvalue weighted by Crippen LogP contribution is -2.29. The third-order valence-electron chi connectivity index (χ3n) is 5.40. The number of hydrogen-bond acceptors (Lipinski definition) is 10. The highest BCUT2D eigenvalue weighted by atomic mass is 32.2. The maximum absolute atomic E-state index is 13.3. The smallest absolute Gasteiger partial charge is 0.243 e. The Morgan fingerprint density at radius 2 is 1.62 bits per heavy atom. The van der Waals surface area contributed by atoms with Crippen LogP contribution < -0.4 is 18.9 Å². The molecule has 4 rings (SSSR count). The van der Waals surface area contributed by atoms with Crippen molar-refractivity contribution in [3.63, 3.8) is 0 Å². The number of aromatic nitrogens is 6. The van der Waals surface area contributed by atoms with Crippen LogP contribution in [0.4, 0.5) is 10.3 Å². The molecule has 0 amide bonds. The van der Waals surface area contributed by atoms with Gasteiger partial charge >= 0.3 is 0 Å². The fourth-order valence-corrected chi connectivity index (χ4v) is 4.41. The number of pyridine rings is 1. The normalized spacial score (nSPS) is 12.1. The van der Waals surface area contributed by atoms with E-state index in [1.165, 1.54) is 39.0 Å². The van der Waals surface area contributed by atoms with Crippen molar-refractivity contribution in [3.05, 3.63) is 60.6 Å². The van der Waals surface area contributed by atoms with Crippen molar-refractivity contribution in [1.29, 1.82) is 0 Å². The minimum Gasteiger partial charge on any atom is -0.495 e. The summed E-state index contributed by atoms with van der Waals surface area (Å²) in [6, 6.07) is 8.46. The first kappa shape index (κ1) is 25.8. The van der Waals surface area contributed by atoms with E-state index in [0.29, 0.717) is 28.6 Å². The Morgan fingerprint density at radius 1 is 0.946 bits per heavy atom. The average molecular weight is 530 g/mol. The van der Waals surface area contributed by atoms with Gasteiger partial charge in [-0.3, -0.25) is 9.29 Å². The van der Waals surface area contributed by atoms with Crippen LogP contribution in [-0.2, 0) is 16.4 Å². The zero-order chi connectivity index (χ0) is 26.6. The van der Waals surface area contributed by atoms with E-state index in [-0.39, 0.29) is 24.0 Å². The number of para-hydroxylation sites is 1. The molecule has 0 spiro atoms. The molecule has 14 heteroatoms.